The Balaban J connectivity index is 1.47. The largest absolute Gasteiger partial charge is 0.463 e. The van der Waals surface area contributed by atoms with E-state index in [9.17, 15) is 50.7 Å². The first kappa shape index (κ1) is 48.6. The summed E-state index contributed by atoms with van der Waals surface area (Å²) in [6, 6.07) is 10.3. The fraction of sp³-hybridized carbons (Fsp3) is 0.385. The molecule has 0 radical (unpaired) electrons. The lowest BCUT2D eigenvalue weighted by Crippen LogP contribution is -2.67. The Labute approximate surface area is 368 Å². The summed E-state index contributed by atoms with van der Waals surface area (Å²) in [5, 5.41) is 4.26. The quantitative estimate of drug-likeness (QED) is 0.0372. The zero-order chi connectivity index (χ0) is 46.3. The number of benzene rings is 3. The summed E-state index contributed by atoms with van der Waals surface area (Å²) in [4.78, 5) is 76.4. The molecule has 63 heavy (non-hydrogen) atoms. The van der Waals surface area contributed by atoms with Gasteiger partial charge in [-0.1, -0.05) is 83.3 Å². The van der Waals surface area contributed by atoms with Crippen molar-refractivity contribution in [3.8, 4) is 16.9 Å². The van der Waals surface area contributed by atoms with Gasteiger partial charge in [0.1, 0.15) is 32.0 Å². The fourth-order valence-electron chi connectivity index (χ4n) is 6.51. The number of carbonyl (C=O) groups excluding carboxylic acids is 6. The Hall–Kier alpha value is -5.48. The van der Waals surface area contributed by atoms with E-state index in [1.165, 1.54) is 0 Å². The van der Waals surface area contributed by atoms with Crippen LogP contribution in [0.2, 0.25) is 0 Å². The minimum Gasteiger partial charge on any atom is -0.463 e. The van der Waals surface area contributed by atoms with Crippen molar-refractivity contribution in [1.82, 2.24) is 10.6 Å². The number of ether oxygens (including phenoxy) is 8. The fourth-order valence-corrected chi connectivity index (χ4v) is 6.68. The van der Waals surface area contributed by atoms with Gasteiger partial charge in [0.05, 0.1) is 6.61 Å². The molecule has 1 heterocycles. The molecule has 3 aromatic rings. The van der Waals surface area contributed by atoms with Crippen LogP contribution in [0.3, 0.4) is 0 Å². The highest BCUT2D eigenvalue weighted by molar-refractivity contribution is 6.67. The van der Waals surface area contributed by atoms with Gasteiger partial charge in [0.2, 0.25) is 38.6 Å². The van der Waals surface area contributed by atoms with Gasteiger partial charge in [0, 0.05) is 26.7 Å². The summed E-state index contributed by atoms with van der Waals surface area (Å²) in [6.07, 6.45) is -9.94. The van der Waals surface area contributed by atoms with Crippen molar-refractivity contribution < 1.29 is 88.6 Å². The number of nitrogens with one attached hydrogen (secondary N) is 2. The molecule has 0 saturated carbocycles. The number of carbonyl (C=O) groups is 6. The predicted molar refractivity (Wildman–Crippen MR) is 205 cm³/mol. The molecular formula is C39H34Cl3F5N2O14. The lowest BCUT2D eigenvalue weighted by Gasteiger charge is -2.45. The first-order valence-electron chi connectivity index (χ1n) is 18.3. The van der Waals surface area contributed by atoms with Crippen LogP contribution in [0.1, 0.15) is 37.8 Å². The molecular weight excluding hydrogens is 922 g/mol. The number of hydrogen-bond acceptors (Lipinski definition) is 14. The van der Waals surface area contributed by atoms with Crippen LogP contribution in [0.25, 0.3) is 11.1 Å². The number of rotatable bonds is 14. The van der Waals surface area contributed by atoms with Crippen LogP contribution in [0, 0.1) is 29.1 Å². The summed E-state index contributed by atoms with van der Waals surface area (Å²) in [5.74, 6) is -20.0. The minimum atomic E-state index is -2.57. The van der Waals surface area contributed by atoms with E-state index in [4.69, 9.17) is 68.0 Å². The highest BCUT2D eigenvalue weighted by atomic mass is 35.6. The number of fused-ring (bicyclic) bond motifs is 3. The Kier molecular flexibility index (Phi) is 16.0. The summed E-state index contributed by atoms with van der Waals surface area (Å²) in [7, 11) is 0. The molecule has 1 aliphatic heterocycles. The Morgan fingerprint density at radius 1 is 0.698 bits per heavy atom. The molecule has 2 aliphatic rings. The number of esters is 4. The second-order valence-electron chi connectivity index (χ2n) is 13.5. The van der Waals surface area contributed by atoms with Gasteiger partial charge in [0.15, 0.2) is 24.5 Å². The summed E-state index contributed by atoms with van der Waals surface area (Å²) in [6.45, 7) is -0.313. The number of amides is 2. The van der Waals surface area contributed by atoms with Crippen molar-refractivity contribution in [2.75, 3.05) is 26.4 Å². The molecule has 0 aromatic heterocycles. The SMILES string of the molecule is CC(=O)OC[C@H]1O[C@@H](OC[C@H](NC(=O)OCC2c3ccccc3-c3ccccc32)C(=O)Oc2c(F)c(F)c(F)c(F)c2F)[C@H](NC(=O)OCC(Cl)(Cl)Cl)[C@@H](OC(C)=O)[C@@H]1OC(C)=O. The second-order valence-corrected chi connectivity index (χ2v) is 16.0. The first-order chi connectivity index (χ1) is 29.7. The van der Waals surface area contributed by atoms with E-state index < -0.39 is 137 Å². The number of hydrogen-bond donors (Lipinski definition) is 2. The molecule has 340 valence electrons. The zero-order valence-electron chi connectivity index (χ0n) is 32.7. The van der Waals surface area contributed by atoms with E-state index in [0.29, 0.717) is 0 Å². The van der Waals surface area contributed by atoms with Crippen LogP contribution in [-0.4, -0.2) is 103 Å². The summed E-state index contributed by atoms with van der Waals surface area (Å²) in [5.41, 5.74) is 3.24. The van der Waals surface area contributed by atoms with Gasteiger partial charge in [-0.3, -0.25) is 14.4 Å². The zero-order valence-corrected chi connectivity index (χ0v) is 35.0. The van der Waals surface area contributed by atoms with E-state index in [1.807, 2.05) is 17.4 Å². The van der Waals surface area contributed by atoms with Crippen LogP contribution in [0.4, 0.5) is 31.5 Å². The standard InChI is InChI=1S/C39H34Cl3F5N2O14/c1-16(50)56-14-25-32(60-17(2)51)34(61-18(3)52)31(49-38(55)59-15-39(40,41)42)36(62-25)57-13-24(35(53)63-33-29(46)27(44)26(43)28(45)30(33)47)48-37(54)58-12-23-21-10-6-4-8-19(21)20-9-5-7-11-22(20)23/h4-11,23-25,31-32,34,36H,12-15H2,1-3H3,(H,48,54)(H,49,55)/t24-,25+,31+,32+,34+,36+/m0/s1. The van der Waals surface area contributed by atoms with Crippen LogP contribution in [0.15, 0.2) is 48.5 Å². The van der Waals surface area contributed by atoms with Gasteiger partial charge in [-0.2, -0.15) is 8.78 Å². The molecule has 2 N–H and O–H groups in total. The molecule has 1 saturated heterocycles. The molecule has 0 unspecified atom stereocenters. The van der Waals surface area contributed by atoms with Gasteiger partial charge in [-0.15, -0.1) is 0 Å². The lowest BCUT2D eigenvalue weighted by molar-refractivity contribution is -0.278. The van der Waals surface area contributed by atoms with Crippen molar-refractivity contribution in [2.24, 2.45) is 0 Å². The average Bonchev–Trinajstić information content (AvgIpc) is 3.54. The van der Waals surface area contributed by atoms with Crippen LogP contribution in [-0.2, 0) is 52.3 Å². The molecule has 3 aromatic carbocycles. The smallest absolute Gasteiger partial charge is 0.407 e. The number of alkyl halides is 3. The van der Waals surface area contributed by atoms with Gasteiger partial charge >= 0.3 is 36.1 Å². The number of alkyl carbamates (subject to hydrolysis) is 2. The van der Waals surface area contributed by atoms with E-state index >= 15 is 0 Å². The predicted octanol–water partition coefficient (Wildman–Crippen LogP) is 5.83. The maximum absolute atomic E-state index is 14.7. The third-order valence-corrected chi connectivity index (χ3v) is 9.40. The van der Waals surface area contributed by atoms with Crippen molar-refractivity contribution in [3.05, 3.63) is 88.7 Å². The molecule has 1 aliphatic carbocycles. The maximum Gasteiger partial charge on any atom is 0.407 e. The molecule has 6 atom stereocenters. The van der Waals surface area contributed by atoms with Crippen LogP contribution in [0.5, 0.6) is 5.75 Å². The van der Waals surface area contributed by atoms with E-state index in [2.05, 4.69) is 10.1 Å². The van der Waals surface area contributed by atoms with Gasteiger partial charge < -0.3 is 48.5 Å². The summed E-state index contributed by atoms with van der Waals surface area (Å²) >= 11 is 17.0. The second kappa shape index (κ2) is 20.8. The Bertz CT molecular complexity index is 2180. The highest BCUT2D eigenvalue weighted by Gasteiger charge is 2.52. The van der Waals surface area contributed by atoms with Gasteiger partial charge in [-0.05, 0) is 22.3 Å². The van der Waals surface area contributed by atoms with Crippen molar-refractivity contribution in [1.29, 1.82) is 0 Å². The van der Waals surface area contributed by atoms with Crippen LogP contribution >= 0.6 is 34.8 Å². The monoisotopic (exact) mass is 954 g/mol. The topological polar surface area (TPSA) is 200 Å². The molecule has 1 fully saturated rings. The molecule has 24 heteroatoms. The van der Waals surface area contributed by atoms with Gasteiger partial charge in [0.25, 0.3) is 0 Å². The highest BCUT2D eigenvalue weighted by Crippen LogP contribution is 2.44. The molecule has 0 bridgehead atoms. The normalized spacial score (nSPS) is 19.7. The van der Waals surface area contributed by atoms with E-state index in [-0.39, 0.29) is 6.61 Å². The van der Waals surface area contributed by atoms with Gasteiger partial charge in [-0.25, -0.2) is 27.6 Å². The molecule has 0 spiro atoms. The molecule has 16 nitrogen and oxygen atoms in total. The lowest BCUT2D eigenvalue weighted by atomic mass is 9.96. The summed E-state index contributed by atoms with van der Waals surface area (Å²) < 4.78 is 112. The van der Waals surface area contributed by atoms with Crippen molar-refractivity contribution in [3.63, 3.8) is 0 Å². The van der Waals surface area contributed by atoms with Crippen molar-refractivity contribution in [2.45, 2.75) is 67.2 Å². The Morgan fingerprint density at radius 3 is 1.78 bits per heavy atom. The Morgan fingerprint density at radius 2 is 1.24 bits per heavy atom. The van der Waals surface area contributed by atoms with E-state index in [1.54, 1.807) is 36.4 Å². The molecule has 2 amide bonds. The minimum absolute atomic E-state index is 0.354. The average molecular weight is 956 g/mol. The van der Waals surface area contributed by atoms with Crippen molar-refractivity contribution >= 4 is 70.9 Å². The van der Waals surface area contributed by atoms with E-state index in [0.717, 1.165) is 43.0 Å². The first-order valence-corrected chi connectivity index (χ1v) is 19.4. The maximum atomic E-state index is 14.7. The van der Waals surface area contributed by atoms with Crippen LogP contribution < -0.4 is 15.4 Å². The number of halogens is 8. The third kappa shape index (κ3) is 12.2. The third-order valence-electron chi connectivity index (χ3n) is 9.07. The molecule has 5 rings (SSSR count).